The minimum absolute atomic E-state index is 0.142. The van der Waals surface area contributed by atoms with Crippen molar-refractivity contribution in [1.29, 1.82) is 0 Å². The lowest BCUT2D eigenvalue weighted by atomic mass is 10.1. The van der Waals surface area contributed by atoms with E-state index in [2.05, 4.69) is 26.3 Å². The van der Waals surface area contributed by atoms with E-state index in [9.17, 15) is 14.4 Å². The fraction of sp³-hybridized carbons (Fsp3) is 0.333. The molecule has 0 aliphatic heterocycles. The highest BCUT2D eigenvalue weighted by atomic mass is 79.9. The van der Waals surface area contributed by atoms with Gasteiger partial charge in [0.05, 0.1) is 27.7 Å². The number of primary amides is 1. The normalized spacial score (nSPS) is 11.8. The number of rotatable bonds is 6. The molecule has 0 aromatic carbocycles. The van der Waals surface area contributed by atoms with Crippen LogP contribution >= 0.6 is 27.3 Å². The first-order valence-corrected chi connectivity index (χ1v) is 8.98. The fourth-order valence-corrected chi connectivity index (χ4v) is 3.50. The molecule has 0 saturated heterocycles. The minimum Gasteiger partial charge on any atom is -0.462 e. The Morgan fingerprint density at radius 3 is 2.68 bits per heavy atom. The Labute approximate surface area is 156 Å². The number of nitrogens with two attached hydrogens (primary N) is 1. The second-order valence-electron chi connectivity index (χ2n) is 5.15. The number of hydrogen-bond acceptors (Lipinski definition) is 6. The Kier molecular flexibility index (Phi) is 5.96. The summed E-state index contributed by atoms with van der Waals surface area (Å²) in [6, 6.07) is -0.624. The smallest absolute Gasteiger partial charge is 0.341 e. The lowest BCUT2D eigenvalue weighted by Crippen LogP contribution is -2.24. The van der Waals surface area contributed by atoms with Gasteiger partial charge in [-0.25, -0.2) is 4.79 Å². The zero-order chi connectivity index (χ0) is 18.7. The number of thiophene rings is 1. The summed E-state index contributed by atoms with van der Waals surface area (Å²) in [6.45, 7) is 5.09. The number of amides is 2. The Morgan fingerprint density at radius 1 is 1.48 bits per heavy atom. The van der Waals surface area contributed by atoms with E-state index in [1.165, 1.54) is 4.68 Å². The summed E-state index contributed by atoms with van der Waals surface area (Å²) in [5.41, 5.74) is 5.87. The molecule has 0 aliphatic rings. The Morgan fingerprint density at radius 2 is 2.16 bits per heavy atom. The third-order valence-corrected chi connectivity index (χ3v) is 5.06. The van der Waals surface area contributed by atoms with Crippen LogP contribution in [0, 0.1) is 6.92 Å². The standard InChI is InChI=1S/C15H17BrN4O4S/c1-4-24-15(23)10-7(2)11(12(17)21)25-14(10)19-13(22)8(3)20-6-9(16)5-18-20/h5-6,8H,4H2,1-3H3,(H2,17,21)(H,19,22). The van der Waals surface area contributed by atoms with Gasteiger partial charge in [0.25, 0.3) is 5.91 Å². The number of halogens is 1. The Hall–Kier alpha value is -2.20. The first-order chi connectivity index (χ1) is 11.8. The molecule has 2 amide bonds. The van der Waals surface area contributed by atoms with E-state index in [1.54, 1.807) is 33.2 Å². The van der Waals surface area contributed by atoms with Gasteiger partial charge in [-0.05, 0) is 42.3 Å². The molecule has 0 aliphatic carbocycles. The van der Waals surface area contributed by atoms with Gasteiger partial charge in [0, 0.05) is 6.20 Å². The average molecular weight is 429 g/mol. The quantitative estimate of drug-likeness (QED) is 0.685. The summed E-state index contributed by atoms with van der Waals surface area (Å²) >= 11 is 4.22. The third-order valence-electron chi connectivity index (χ3n) is 3.43. The number of carbonyl (C=O) groups is 3. The molecule has 0 fully saturated rings. The van der Waals surface area contributed by atoms with Gasteiger partial charge in [-0.2, -0.15) is 5.10 Å². The third kappa shape index (κ3) is 4.07. The largest absolute Gasteiger partial charge is 0.462 e. The van der Waals surface area contributed by atoms with E-state index in [1.807, 2.05) is 0 Å². The summed E-state index contributed by atoms with van der Waals surface area (Å²) < 4.78 is 7.22. The van der Waals surface area contributed by atoms with Crippen molar-refractivity contribution in [2.24, 2.45) is 5.73 Å². The minimum atomic E-state index is -0.669. The highest BCUT2D eigenvalue weighted by molar-refractivity contribution is 9.10. The number of nitrogens with zero attached hydrogens (tertiary/aromatic N) is 2. The van der Waals surface area contributed by atoms with Crippen molar-refractivity contribution >= 4 is 50.1 Å². The van der Waals surface area contributed by atoms with Crippen LogP contribution in [0.3, 0.4) is 0 Å². The van der Waals surface area contributed by atoms with Gasteiger partial charge >= 0.3 is 5.97 Å². The van der Waals surface area contributed by atoms with E-state index in [-0.39, 0.29) is 22.0 Å². The predicted octanol–water partition coefficient (Wildman–Crippen LogP) is 2.49. The zero-order valence-electron chi connectivity index (χ0n) is 13.8. The van der Waals surface area contributed by atoms with E-state index >= 15 is 0 Å². The molecule has 1 atom stereocenters. The molecule has 8 nitrogen and oxygen atoms in total. The summed E-state index contributed by atoms with van der Waals surface area (Å²) in [5.74, 6) is -1.68. The van der Waals surface area contributed by atoms with Gasteiger partial charge in [0.2, 0.25) is 5.91 Å². The molecule has 2 heterocycles. The molecule has 0 spiro atoms. The molecule has 10 heteroatoms. The van der Waals surface area contributed by atoms with E-state index in [0.717, 1.165) is 15.8 Å². The second-order valence-corrected chi connectivity index (χ2v) is 7.09. The number of anilines is 1. The molecule has 0 bridgehead atoms. The highest BCUT2D eigenvalue weighted by Crippen LogP contribution is 2.34. The first-order valence-electron chi connectivity index (χ1n) is 7.37. The number of ether oxygens (including phenoxy) is 1. The second kappa shape index (κ2) is 7.79. The van der Waals surface area contributed by atoms with Crippen LogP contribution in [0.25, 0.3) is 0 Å². The molecule has 2 aromatic heterocycles. The van der Waals surface area contributed by atoms with E-state index < -0.39 is 23.8 Å². The summed E-state index contributed by atoms with van der Waals surface area (Å²) in [4.78, 5) is 36.5. The van der Waals surface area contributed by atoms with Crippen LogP contribution in [-0.4, -0.2) is 34.2 Å². The van der Waals surface area contributed by atoms with E-state index in [0.29, 0.717) is 5.56 Å². The SMILES string of the molecule is CCOC(=O)c1c(NC(=O)C(C)n2cc(Br)cn2)sc(C(N)=O)c1C. The average Bonchev–Trinajstić information content (AvgIpc) is 3.10. The van der Waals surface area contributed by atoms with Crippen molar-refractivity contribution < 1.29 is 19.1 Å². The maximum Gasteiger partial charge on any atom is 0.341 e. The van der Waals surface area contributed by atoms with Crippen molar-refractivity contribution in [2.75, 3.05) is 11.9 Å². The predicted molar refractivity (Wildman–Crippen MR) is 96.8 cm³/mol. The molecular weight excluding hydrogens is 412 g/mol. The van der Waals surface area contributed by atoms with Crippen LogP contribution in [0.4, 0.5) is 5.00 Å². The maximum atomic E-state index is 12.5. The molecule has 3 N–H and O–H groups in total. The number of hydrogen-bond donors (Lipinski definition) is 2. The van der Waals surface area contributed by atoms with Crippen LogP contribution < -0.4 is 11.1 Å². The van der Waals surface area contributed by atoms with Gasteiger partial charge in [0.15, 0.2) is 0 Å². The number of nitrogens with one attached hydrogen (secondary N) is 1. The van der Waals surface area contributed by atoms with Gasteiger partial charge < -0.3 is 15.8 Å². The molecule has 134 valence electrons. The molecule has 25 heavy (non-hydrogen) atoms. The number of aromatic nitrogens is 2. The Balaban J connectivity index is 2.34. The summed E-state index contributed by atoms with van der Waals surface area (Å²) in [6.07, 6.45) is 3.22. The van der Waals surface area contributed by atoms with Gasteiger partial charge in [-0.3, -0.25) is 14.3 Å². The van der Waals surface area contributed by atoms with Gasteiger partial charge in [-0.1, -0.05) is 0 Å². The van der Waals surface area contributed by atoms with Crippen LogP contribution in [-0.2, 0) is 9.53 Å². The molecular formula is C15H17BrN4O4S. The lowest BCUT2D eigenvalue weighted by molar-refractivity contribution is -0.119. The van der Waals surface area contributed by atoms with Crippen LogP contribution in [0.5, 0.6) is 0 Å². The summed E-state index contributed by atoms with van der Waals surface area (Å²) in [7, 11) is 0. The van der Waals surface area contributed by atoms with Crippen molar-refractivity contribution in [3.8, 4) is 0 Å². The van der Waals surface area contributed by atoms with Crippen molar-refractivity contribution in [3.05, 3.63) is 32.9 Å². The lowest BCUT2D eigenvalue weighted by Gasteiger charge is -2.12. The maximum absolute atomic E-state index is 12.5. The molecule has 2 rings (SSSR count). The Bertz CT molecular complexity index is 830. The molecule has 2 aromatic rings. The van der Waals surface area contributed by atoms with Gasteiger partial charge in [-0.15, -0.1) is 11.3 Å². The summed E-state index contributed by atoms with van der Waals surface area (Å²) in [5, 5.41) is 6.96. The number of esters is 1. The monoisotopic (exact) mass is 428 g/mol. The van der Waals surface area contributed by atoms with Crippen molar-refractivity contribution in [2.45, 2.75) is 26.8 Å². The van der Waals surface area contributed by atoms with Crippen LogP contribution in [0.1, 0.15) is 45.5 Å². The zero-order valence-corrected chi connectivity index (χ0v) is 16.2. The van der Waals surface area contributed by atoms with E-state index in [4.69, 9.17) is 10.5 Å². The molecule has 1 unspecified atom stereocenters. The van der Waals surface area contributed by atoms with Crippen LogP contribution in [0.2, 0.25) is 0 Å². The first kappa shape index (κ1) is 19.1. The fourth-order valence-electron chi connectivity index (χ4n) is 2.15. The molecule has 0 saturated carbocycles. The van der Waals surface area contributed by atoms with Crippen molar-refractivity contribution in [3.63, 3.8) is 0 Å². The van der Waals surface area contributed by atoms with Crippen LogP contribution in [0.15, 0.2) is 16.9 Å². The van der Waals surface area contributed by atoms with Gasteiger partial charge in [0.1, 0.15) is 11.0 Å². The highest BCUT2D eigenvalue weighted by Gasteiger charge is 2.27. The topological polar surface area (TPSA) is 116 Å². The number of carbonyl (C=O) groups excluding carboxylic acids is 3. The molecule has 0 radical (unpaired) electrons. The van der Waals surface area contributed by atoms with Crippen molar-refractivity contribution in [1.82, 2.24) is 9.78 Å².